The van der Waals surface area contributed by atoms with Gasteiger partial charge in [0.2, 0.25) is 5.58 Å². The molecule has 7 nitrogen and oxygen atoms in total. The van der Waals surface area contributed by atoms with Crippen molar-refractivity contribution in [3.05, 3.63) is 87.2 Å². The number of nitrogens with one attached hydrogen (secondary N) is 1. The van der Waals surface area contributed by atoms with Gasteiger partial charge in [0.1, 0.15) is 21.8 Å². The Morgan fingerprint density at radius 3 is 2.67 bits per heavy atom. The maximum Gasteiger partial charge on any atom is 0.294 e. The zero-order valence-electron chi connectivity index (χ0n) is 17.4. The molecule has 2 aromatic carbocycles. The van der Waals surface area contributed by atoms with E-state index in [4.69, 9.17) is 9.40 Å². The van der Waals surface area contributed by atoms with Crippen LogP contribution in [0.4, 0.5) is 0 Å². The largest absolute Gasteiger partial charge is 0.449 e. The van der Waals surface area contributed by atoms with Gasteiger partial charge in [-0.05, 0) is 23.8 Å². The summed E-state index contributed by atoms with van der Waals surface area (Å²) in [6.07, 6.45) is 0. The molecule has 6 rings (SSSR count). The Bertz CT molecular complexity index is 1780. The van der Waals surface area contributed by atoms with Crippen LogP contribution in [0.3, 0.4) is 0 Å². The van der Waals surface area contributed by atoms with Gasteiger partial charge in [0, 0.05) is 17.3 Å². The maximum atomic E-state index is 13.0. The van der Waals surface area contributed by atoms with Gasteiger partial charge in [-0.15, -0.1) is 11.3 Å². The lowest BCUT2D eigenvalue weighted by Gasteiger charge is -2.06. The second-order valence-electron chi connectivity index (χ2n) is 7.53. The van der Waals surface area contributed by atoms with Gasteiger partial charge in [0.15, 0.2) is 5.16 Å². The fourth-order valence-corrected chi connectivity index (χ4v) is 5.69. The van der Waals surface area contributed by atoms with Crippen LogP contribution in [0.15, 0.2) is 79.8 Å². The van der Waals surface area contributed by atoms with E-state index in [1.165, 1.54) is 23.1 Å². The number of fused-ring (bicyclic) bond motifs is 4. The van der Waals surface area contributed by atoms with Crippen molar-refractivity contribution in [2.24, 2.45) is 7.05 Å². The number of aromatic amines is 1. The summed E-state index contributed by atoms with van der Waals surface area (Å²) in [5.74, 6) is 0.850. The van der Waals surface area contributed by atoms with Gasteiger partial charge in [-0.3, -0.25) is 14.2 Å². The number of hydrogen-bond donors (Lipinski definition) is 1. The molecule has 0 atom stereocenters. The highest BCUT2D eigenvalue weighted by Crippen LogP contribution is 2.32. The van der Waals surface area contributed by atoms with E-state index in [1.807, 2.05) is 60.7 Å². The predicted molar refractivity (Wildman–Crippen MR) is 132 cm³/mol. The molecule has 6 aromatic rings. The molecule has 9 heteroatoms. The Labute approximate surface area is 194 Å². The van der Waals surface area contributed by atoms with Gasteiger partial charge < -0.3 is 9.40 Å². The van der Waals surface area contributed by atoms with E-state index in [9.17, 15) is 9.59 Å². The lowest BCUT2D eigenvalue weighted by atomic mass is 10.2. The van der Waals surface area contributed by atoms with Crippen molar-refractivity contribution in [1.82, 2.24) is 19.5 Å². The van der Waals surface area contributed by atoms with E-state index in [0.717, 1.165) is 15.8 Å². The van der Waals surface area contributed by atoms with Crippen molar-refractivity contribution < 1.29 is 4.42 Å². The van der Waals surface area contributed by atoms with Gasteiger partial charge >= 0.3 is 0 Å². The smallest absolute Gasteiger partial charge is 0.294 e. The predicted octanol–water partition coefficient (Wildman–Crippen LogP) is 4.94. The van der Waals surface area contributed by atoms with Crippen molar-refractivity contribution >= 4 is 55.4 Å². The van der Waals surface area contributed by atoms with Gasteiger partial charge in [-0.25, -0.2) is 9.97 Å². The zero-order valence-corrected chi connectivity index (χ0v) is 19.0. The molecule has 0 spiro atoms. The Hall–Kier alpha value is -3.69. The summed E-state index contributed by atoms with van der Waals surface area (Å²) < 4.78 is 7.19. The Morgan fingerprint density at radius 1 is 1.03 bits per heavy atom. The minimum absolute atomic E-state index is 0.0985. The molecule has 0 fully saturated rings. The van der Waals surface area contributed by atoms with Crippen LogP contribution in [-0.4, -0.2) is 19.5 Å². The van der Waals surface area contributed by atoms with Crippen molar-refractivity contribution in [2.45, 2.75) is 10.9 Å². The van der Waals surface area contributed by atoms with Crippen LogP contribution >= 0.6 is 23.1 Å². The minimum atomic E-state index is -0.324. The highest BCUT2D eigenvalue weighted by Gasteiger charge is 2.16. The Kier molecular flexibility index (Phi) is 4.67. The molecule has 0 saturated carbocycles. The van der Waals surface area contributed by atoms with Crippen molar-refractivity contribution in [1.29, 1.82) is 0 Å². The number of para-hydroxylation sites is 1. The molecule has 4 aromatic heterocycles. The van der Waals surface area contributed by atoms with Gasteiger partial charge in [-0.1, -0.05) is 54.2 Å². The van der Waals surface area contributed by atoms with E-state index in [2.05, 4.69) is 9.97 Å². The Balaban J connectivity index is 1.37. The molecular weight excluding hydrogens is 456 g/mol. The third-order valence-corrected chi connectivity index (χ3v) is 7.53. The average Bonchev–Trinajstić information content (AvgIpc) is 3.43. The number of aromatic nitrogens is 4. The molecule has 0 aliphatic rings. The second-order valence-corrected chi connectivity index (χ2v) is 9.50. The Morgan fingerprint density at radius 2 is 1.82 bits per heavy atom. The van der Waals surface area contributed by atoms with Gasteiger partial charge in [0.25, 0.3) is 11.1 Å². The van der Waals surface area contributed by atoms with Crippen molar-refractivity contribution in [2.75, 3.05) is 0 Å². The SMILES string of the molecule is Cn1c(SCc2nc3c(oc4ccccc43)c(=O)[nH]2)nc2sc(-c3ccccc3)cc2c1=O. The molecule has 0 aliphatic carbocycles. The van der Waals surface area contributed by atoms with Crippen LogP contribution in [0.1, 0.15) is 5.82 Å². The number of benzene rings is 2. The molecule has 0 unspecified atom stereocenters. The fourth-order valence-electron chi connectivity index (χ4n) is 3.77. The molecule has 1 N–H and O–H groups in total. The third kappa shape index (κ3) is 3.37. The van der Waals surface area contributed by atoms with Crippen molar-refractivity contribution in [3.8, 4) is 10.4 Å². The van der Waals surface area contributed by atoms with E-state index >= 15 is 0 Å². The highest BCUT2D eigenvalue weighted by atomic mass is 32.2. The first-order valence-corrected chi connectivity index (χ1v) is 12.0. The lowest BCUT2D eigenvalue weighted by molar-refractivity contribution is 0.660. The van der Waals surface area contributed by atoms with Crippen LogP contribution in [0.2, 0.25) is 0 Å². The summed E-state index contributed by atoms with van der Waals surface area (Å²) in [7, 11) is 1.71. The number of rotatable bonds is 4. The first-order valence-electron chi connectivity index (χ1n) is 10.2. The van der Waals surface area contributed by atoms with Gasteiger partial charge in [0.05, 0.1) is 11.1 Å². The van der Waals surface area contributed by atoms with Crippen LogP contribution < -0.4 is 11.1 Å². The molecule has 0 bridgehead atoms. The number of furan rings is 1. The first-order chi connectivity index (χ1) is 16.1. The van der Waals surface area contributed by atoms with Crippen LogP contribution in [0, 0.1) is 0 Å². The maximum absolute atomic E-state index is 13.0. The number of thioether (sulfide) groups is 1. The van der Waals surface area contributed by atoms with Crippen LogP contribution in [0.5, 0.6) is 0 Å². The number of thiophene rings is 1. The molecule has 162 valence electrons. The molecule has 33 heavy (non-hydrogen) atoms. The summed E-state index contributed by atoms with van der Waals surface area (Å²) >= 11 is 2.85. The lowest BCUT2D eigenvalue weighted by Crippen LogP contribution is -2.19. The molecule has 0 radical (unpaired) electrons. The fraction of sp³-hybridized carbons (Fsp3) is 0.0833. The summed E-state index contributed by atoms with van der Waals surface area (Å²) in [5.41, 5.74) is 2.00. The van der Waals surface area contributed by atoms with E-state index in [1.54, 1.807) is 11.6 Å². The summed E-state index contributed by atoms with van der Waals surface area (Å²) in [6.45, 7) is 0. The van der Waals surface area contributed by atoms with E-state index in [-0.39, 0.29) is 16.7 Å². The first kappa shape index (κ1) is 20.0. The highest BCUT2D eigenvalue weighted by molar-refractivity contribution is 7.98. The minimum Gasteiger partial charge on any atom is -0.449 e. The molecule has 4 heterocycles. The van der Waals surface area contributed by atoms with Crippen LogP contribution in [0.25, 0.3) is 42.7 Å². The second kappa shape index (κ2) is 7.72. The molecule has 0 amide bonds. The van der Waals surface area contributed by atoms with Gasteiger partial charge in [-0.2, -0.15) is 0 Å². The molecular formula is C24H16N4O3S2. The summed E-state index contributed by atoms with van der Waals surface area (Å²) in [5, 5.41) is 1.96. The number of H-pyrrole nitrogens is 1. The van der Waals surface area contributed by atoms with E-state index in [0.29, 0.717) is 38.1 Å². The normalized spacial score (nSPS) is 11.7. The quantitative estimate of drug-likeness (QED) is 0.289. The summed E-state index contributed by atoms with van der Waals surface area (Å²) in [4.78, 5) is 39.3. The summed E-state index contributed by atoms with van der Waals surface area (Å²) in [6, 6.07) is 19.3. The molecule has 0 saturated heterocycles. The topological polar surface area (TPSA) is 93.8 Å². The third-order valence-electron chi connectivity index (χ3n) is 5.41. The zero-order chi connectivity index (χ0) is 22.5. The van der Waals surface area contributed by atoms with Crippen LogP contribution in [-0.2, 0) is 12.8 Å². The number of nitrogens with zero attached hydrogens (tertiary/aromatic N) is 3. The van der Waals surface area contributed by atoms with Crippen molar-refractivity contribution in [3.63, 3.8) is 0 Å². The monoisotopic (exact) mass is 472 g/mol. The standard InChI is InChI=1S/C24H16N4O3S2/c1-28-23(30)15-11-17(13-7-3-2-4-8-13)33-22(15)27-24(28)32-12-18-25-19-14-9-5-6-10-16(14)31-20(19)21(29)26-18/h2-11H,12H2,1H3,(H,25,26,29). The average molecular weight is 473 g/mol. The van der Waals surface area contributed by atoms with E-state index < -0.39 is 0 Å². The molecule has 0 aliphatic heterocycles. The number of hydrogen-bond acceptors (Lipinski definition) is 7.